The van der Waals surface area contributed by atoms with Crippen molar-refractivity contribution in [2.45, 2.75) is 6.42 Å². The van der Waals surface area contributed by atoms with E-state index in [0.29, 0.717) is 29.2 Å². The summed E-state index contributed by atoms with van der Waals surface area (Å²) in [6, 6.07) is 5.09. The first kappa shape index (κ1) is 14.6. The summed E-state index contributed by atoms with van der Waals surface area (Å²) >= 11 is 6.07. The van der Waals surface area contributed by atoms with Crippen LogP contribution in [0.2, 0.25) is 5.02 Å². The van der Waals surface area contributed by atoms with Crippen molar-refractivity contribution in [2.75, 3.05) is 25.5 Å². The molecule has 2 amide bonds. The van der Waals surface area contributed by atoms with Crippen molar-refractivity contribution >= 4 is 29.1 Å². The highest BCUT2D eigenvalue weighted by molar-refractivity contribution is 6.34. The van der Waals surface area contributed by atoms with Gasteiger partial charge in [0.25, 0.3) is 5.91 Å². The van der Waals surface area contributed by atoms with E-state index in [0.717, 1.165) is 0 Å². The van der Waals surface area contributed by atoms with Crippen LogP contribution in [0.15, 0.2) is 30.9 Å². The van der Waals surface area contributed by atoms with Gasteiger partial charge in [-0.3, -0.25) is 9.59 Å². The van der Waals surface area contributed by atoms with Crippen LogP contribution in [0.1, 0.15) is 16.8 Å². The van der Waals surface area contributed by atoms with E-state index in [-0.39, 0.29) is 17.7 Å². The lowest BCUT2D eigenvalue weighted by Crippen LogP contribution is -2.26. The Labute approximate surface area is 123 Å². The molecular formula is C15H17ClN2O2. The van der Waals surface area contributed by atoms with Gasteiger partial charge in [0.1, 0.15) is 0 Å². The number of benzene rings is 1. The van der Waals surface area contributed by atoms with Crippen molar-refractivity contribution in [1.29, 1.82) is 0 Å². The second-order valence-electron chi connectivity index (χ2n) is 5.07. The second kappa shape index (κ2) is 5.67. The number of carbonyl (C=O) groups excluding carboxylic acids is 2. The molecule has 1 unspecified atom stereocenters. The normalized spacial score (nSPS) is 18.2. The topological polar surface area (TPSA) is 40.6 Å². The van der Waals surface area contributed by atoms with Crippen LogP contribution < -0.4 is 4.90 Å². The Balaban J connectivity index is 2.35. The van der Waals surface area contributed by atoms with Crippen LogP contribution in [0.4, 0.5) is 5.69 Å². The van der Waals surface area contributed by atoms with Gasteiger partial charge in [-0.25, -0.2) is 0 Å². The van der Waals surface area contributed by atoms with Crippen molar-refractivity contribution in [1.82, 2.24) is 4.90 Å². The first-order valence-electron chi connectivity index (χ1n) is 6.38. The van der Waals surface area contributed by atoms with Crippen molar-refractivity contribution in [3.05, 3.63) is 41.4 Å². The molecule has 1 aromatic rings. The quantitative estimate of drug-likeness (QED) is 0.804. The Bertz CT molecular complexity index is 569. The standard InChI is InChI=1S/C15H17ClN2O2/c1-4-10-7-14(19)18(9-10)11-5-6-13(16)12(8-11)15(20)17(2)3/h4-6,8,10H,1,7,9H2,2-3H3. The molecule has 1 aliphatic rings. The third kappa shape index (κ3) is 2.70. The zero-order valence-electron chi connectivity index (χ0n) is 11.6. The van der Waals surface area contributed by atoms with E-state index in [1.807, 2.05) is 0 Å². The average molecular weight is 293 g/mol. The maximum absolute atomic E-state index is 12.1. The molecule has 1 atom stereocenters. The molecule has 0 aromatic heterocycles. The van der Waals surface area contributed by atoms with Gasteiger partial charge in [-0.2, -0.15) is 0 Å². The first-order valence-corrected chi connectivity index (χ1v) is 6.76. The lowest BCUT2D eigenvalue weighted by molar-refractivity contribution is -0.117. The number of amides is 2. The van der Waals surface area contributed by atoms with Crippen molar-refractivity contribution in [2.24, 2.45) is 5.92 Å². The van der Waals surface area contributed by atoms with Gasteiger partial charge in [-0.15, -0.1) is 6.58 Å². The van der Waals surface area contributed by atoms with Crippen molar-refractivity contribution in [3.8, 4) is 0 Å². The third-order valence-corrected chi connectivity index (χ3v) is 3.72. The van der Waals surface area contributed by atoms with E-state index < -0.39 is 0 Å². The molecule has 0 bridgehead atoms. The van der Waals surface area contributed by atoms with Gasteiger partial charge in [0, 0.05) is 38.7 Å². The summed E-state index contributed by atoms with van der Waals surface area (Å²) in [6.07, 6.45) is 2.25. The summed E-state index contributed by atoms with van der Waals surface area (Å²) in [5.74, 6) is 0.0235. The molecule has 4 nitrogen and oxygen atoms in total. The van der Waals surface area contributed by atoms with Crippen LogP contribution in [-0.4, -0.2) is 37.4 Å². The molecule has 1 aromatic carbocycles. The molecule has 0 aliphatic carbocycles. The molecule has 0 N–H and O–H groups in total. The number of nitrogens with zero attached hydrogens (tertiary/aromatic N) is 2. The van der Waals surface area contributed by atoms with E-state index in [2.05, 4.69) is 6.58 Å². The Morgan fingerprint density at radius 3 is 2.75 bits per heavy atom. The lowest BCUT2D eigenvalue weighted by Gasteiger charge is -2.19. The number of anilines is 1. The zero-order chi connectivity index (χ0) is 14.9. The monoisotopic (exact) mass is 292 g/mol. The molecule has 106 valence electrons. The molecule has 0 radical (unpaired) electrons. The molecule has 20 heavy (non-hydrogen) atoms. The molecule has 1 aliphatic heterocycles. The first-order chi connectivity index (χ1) is 9.43. The molecule has 5 heteroatoms. The average Bonchev–Trinajstić information content (AvgIpc) is 2.80. The minimum atomic E-state index is -0.177. The van der Waals surface area contributed by atoms with Gasteiger partial charge >= 0.3 is 0 Å². The zero-order valence-corrected chi connectivity index (χ0v) is 12.4. The van der Waals surface area contributed by atoms with Crippen LogP contribution >= 0.6 is 11.6 Å². The number of hydrogen-bond acceptors (Lipinski definition) is 2. The van der Waals surface area contributed by atoms with Gasteiger partial charge in [0.2, 0.25) is 5.91 Å². The van der Waals surface area contributed by atoms with Crippen LogP contribution in [0, 0.1) is 5.92 Å². The highest BCUT2D eigenvalue weighted by Gasteiger charge is 2.29. The molecule has 2 rings (SSSR count). The minimum absolute atomic E-state index is 0.0421. The van der Waals surface area contributed by atoms with Gasteiger partial charge in [0.15, 0.2) is 0 Å². The number of hydrogen-bond donors (Lipinski definition) is 0. The van der Waals surface area contributed by atoms with Crippen LogP contribution in [0.3, 0.4) is 0 Å². The van der Waals surface area contributed by atoms with E-state index >= 15 is 0 Å². The Morgan fingerprint density at radius 2 is 2.20 bits per heavy atom. The predicted molar refractivity (Wildman–Crippen MR) is 80.1 cm³/mol. The molecular weight excluding hydrogens is 276 g/mol. The lowest BCUT2D eigenvalue weighted by atomic mass is 10.1. The van der Waals surface area contributed by atoms with E-state index in [9.17, 15) is 9.59 Å². The van der Waals surface area contributed by atoms with Crippen LogP contribution in [0.5, 0.6) is 0 Å². The Hall–Kier alpha value is -1.81. The minimum Gasteiger partial charge on any atom is -0.345 e. The van der Waals surface area contributed by atoms with Crippen molar-refractivity contribution in [3.63, 3.8) is 0 Å². The summed E-state index contributed by atoms with van der Waals surface area (Å²) in [7, 11) is 3.33. The molecule has 1 fully saturated rings. The fourth-order valence-corrected chi connectivity index (χ4v) is 2.43. The van der Waals surface area contributed by atoms with Gasteiger partial charge in [0.05, 0.1) is 10.6 Å². The second-order valence-corrected chi connectivity index (χ2v) is 5.48. The third-order valence-electron chi connectivity index (χ3n) is 3.39. The van der Waals surface area contributed by atoms with Gasteiger partial charge in [-0.05, 0) is 18.2 Å². The largest absolute Gasteiger partial charge is 0.345 e. The summed E-state index contributed by atoms with van der Waals surface area (Å²) in [5, 5.41) is 0.388. The maximum atomic E-state index is 12.1. The molecule has 1 heterocycles. The van der Waals surface area contributed by atoms with E-state index in [1.54, 1.807) is 43.3 Å². The van der Waals surface area contributed by atoms with E-state index in [4.69, 9.17) is 11.6 Å². The molecule has 0 saturated carbocycles. The summed E-state index contributed by atoms with van der Waals surface area (Å²) in [6.45, 7) is 4.32. The summed E-state index contributed by atoms with van der Waals surface area (Å²) in [4.78, 5) is 27.2. The smallest absolute Gasteiger partial charge is 0.254 e. The Kier molecular flexibility index (Phi) is 4.14. The predicted octanol–water partition coefficient (Wildman–Crippen LogP) is 2.58. The highest BCUT2D eigenvalue weighted by atomic mass is 35.5. The highest BCUT2D eigenvalue weighted by Crippen LogP contribution is 2.29. The molecule has 0 spiro atoms. The summed E-state index contributed by atoms with van der Waals surface area (Å²) < 4.78 is 0. The fourth-order valence-electron chi connectivity index (χ4n) is 2.23. The van der Waals surface area contributed by atoms with Crippen LogP contribution in [0.25, 0.3) is 0 Å². The number of rotatable bonds is 3. The molecule has 1 saturated heterocycles. The van der Waals surface area contributed by atoms with Gasteiger partial charge in [-0.1, -0.05) is 17.7 Å². The maximum Gasteiger partial charge on any atom is 0.254 e. The number of halogens is 1. The van der Waals surface area contributed by atoms with Crippen molar-refractivity contribution < 1.29 is 9.59 Å². The van der Waals surface area contributed by atoms with E-state index in [1.165, 1.54) is 4.90 Å². The van der Waals surface area contributed by atoms with Gasteiger partial charge < -0.3 is 9.80 Å². The Morgan fingerprint density at radius 1 is 1.50 bits per heavy atom. The summed E-state index contributed by atoms with van der Waals surface area (Å²) in [5.41, 5.74) is 1.11. The SMILES string of the molecule is C=CC1CC(=O)N(c2ccc(Cl)c(C(=O)N(C)C)c2)C1. The van der Waals surface area contributed by atoms with Crippen LogP contribution in [-0.2, 0) is 4.79 Å². The number of carbonyl (C=O) groups is 2. The fraction of sp³-hybridized carbons (Fsp3) is 0.333.